The molecule has 7 aromatic rings. The van der Waals surface area contributed by atoms with Gasteiger partial charge in [0, 0.05) is 33.3 Å². The highest BCUT2D eigenvalue weighted by atomic mass is 35.5. The molecule has 0 heterocycles. The Morgan fingerprint density at radius 3 is 1.11 bits per heavy atom. The minimum Gasteiger partial charge on any atom is -0.451 e. The predicted molar refractivity (Wildman–Crippen MR) is 213 cm³/mol. The van der Waals surface area contributed by atoms with E-state index in [9.17, 15) is 10.5 Å². The van der Waals surface area contributed by atoms with Gasteiger partial charge in [-0.2, -0.15) is 10.5 Å². The molecule has 0 radical (unpaired) electrons. The van der Waals surface area contributed by atoms with Gasteiger partial charge in [-0.25, -0.2) is 0 Å². The van der Waals surface area contributed by atoms with E-state index in [0.717, 1.165) is 11.1 Å². The normalized spacial score (nSPS) is 10.6. The first-order valence-electron chi connectivity index (χ1n) is 16.3. The largest absolute Gasteiger partial charge is 0.451 e. The van der Waals surface area contributed by atoms with Crippen LogP contribution in [0.2, 0.25) is 20.1 Å². The maximum Gasteiger partial charge on any atom is 0.217 e. The Balaban J connectivity index is 1.55. The third-order valence-corrected chi connectivity index (χ3v) is 9.22. The predicted octanol–water partition coefficient (Wildman–Crippen LogP) is 14.5. The van der Waals surface area contributed by atoms with Crippen molar-refractivity contribution in [2.45, 2.75) is 0 Å². The average Bonchev–Trinajstić information content (AvgIpc) is 3.20. The fourth-order valence-electron chi connectivity index (χ4n) is 5.63. The number of rotatable bonds is 10. The highest BCUT2D eigenvalue weighted by molar-refractivity contribution is 6.34. The van der Waals surface area contributed by atoms with Crippen molar-refractivity contribution in [1.29, 1.82) is 10.5 Å². The Morgan fingerprint density at radius 2 is 0.722 bits per heavy atom. The van der Waals surface area contributed by atoms with Gasteiger partial charge in [0.05, 0.1) is 10.0 Å². The van der Waals surface area contributed by atoms with Crippen LogP contribution in [-0.4, -0.2) is 0 Å². The van der Waals surface area contributed by atoms with Gasteiger partial charge in [-0.05, 0) is 47.5 Å². The number of halogens is 4. The first-order valence-corrected chi connectivity index (χ1v) is 17.8. The van der Waals surface area contributed by atoms with E-state index in [1.165, 1.54) is 12.1 Å². The molecular formula is C44H24Cl4N2O4. The van der Waals surface area contributed by atoms with E-state index >= 15 is 0 Å². The van der Waals surface area contributed by atoms with Crippen LogP contribution in [0.5, 0.6) is 46.0 Å². The maximum absolute atomic E-state index is 10.8. The molecule has 0 aliphatic carbocycles. The summed E-state index contributed by atoms with van der Waals surface area (Å²) in [7, 11) is 0. The molecule has 7 rings (SSSR count). The molecule has 0 aromatic heterocycles. The zero-order chi connectivity index (χ0) is 37.6. The van der Waals surface area contributed by atoms with Gasteiger partial charge < -0.3 is 18.9 Å². The topological polar surface area (TPSA) is 84.5 Å². The molecule has 0 bridgehead atoms. The molecule has 0 saturated carbocycles. The van der Waals surface area contributed by atoms with E-state index in [4.69, 9.17) is 65.4 Å². The number of para-hydroxylation sites is 2. The molecule has 0 aliphatic rings. The van der Waals surface area contributed by atoms with Gasteiger partial charge in [0.25, 0.3) is 0 Å². The standard InChI is InChI=1S/C44H24Cl4N2O4/c45-29-19-21-35(47)39(23-29)53-43-41(51-37-17-9-7-15-31(37)27-11-3-1-4-12-27)33(25-49)34(26-50)42(44(43)54-40-24-30(46)20-22-36(40)48)52-38-18-10-8-16-32(38)28-13-5-2-6-14-28/h1-24H. The van der Waals surface area contributed by atoms with Crippen molar-refractivity contribution in [2.24, 2.45) is 0 Å². The summed E-state index contributed by atoms with van der Waals surface area (Å²) in [5, 5.41) is 22.7. The third-order valence-electron chi connectivity index (χ3n) is 8.12. The molecule has 262 valence electrons. The molecule has 0 fully saturated rings. The van der Waals surface area contributed by atoms with Crippen molar-refractivity contribution in [3.8, 4) is 80.4 Å². The second-order valence-corrected chi connectivity index (χ2v) is 13.3. The van der Waals surface area contributed by atoms with Crippen LogP contribution in [0.3, 0.4) is 0 Å². The second kappa shape index (κ2) is 16.3. The lowest BCUT2D eigenvalue weighted by Crippen LogP contribution is -2.04. The summed E-state index contributed by atoms with van der Waals surface area (Å²) in [6.45, 7) is 0. The molecule has 0 aliphatic heterocycles. The van der Waals surface area contributed by atoms with Crippen LogP contribution in [0, 0.1) is 22.7 Å². The summed E-state index contributed by atoms with van der Waals surface area (Å²) in [4.78, 5) is 0. The Morgan fingerprint density at radius 1 is 0.370 bits per heavy atom. The van der Waals surface area contributed by atoms with Gasteiger partial charge in [0.1, 0.15) is 46.3 Å². The molecule has 0 amide bonds. The average molecular weight is 786 g/mol. The van der Waals surface area contributed by atoms with E-state index < -0.39 is 0 Å². The van der Waals surface area contributed by atoms with E-state index in [0.29, 0.717) is 32.7 Å². The van der Waals surface area contributed by atoms with Crippen LogP contribution in [0.1, 0.15) is 11.1 Å². The zero-order valence-electron chi connectivity index (χ0n) is 27.9. The molecule has 0 spiro atoms. The van der Waals surface area contributed by atoms with Gasteiger partial charge in [0.15, 0.2) is 11.5 Å². The van der Waals surface area contributed by atoms with Crippen molar-refractivity contribution in [1.82, 2.24) is 0 Å². The summed E-state index contributed by atoms with van der Waals surface area (Å²) in [5.74, 6) is 0.229. The molecule has 10 heteroatoms. The lowest BCUT2D eigenvalue weighted by molar-refractivity contribution is 0.365. The van der Waals surface area contributed by atoms with E-state index in [-0.39, 0.29) is 55.7 Å². The van der Waals surface area contributed by atoms with E-state index in [1.54, 1.807) is 48.5 Å². The molecule has 7 aromatic carbocycles. The van der Waals surface area contributed by atoms with Crippen LogP contribution < -0.4 is 18.9 Å². The van der Waals surface area contributed by atoms with Crippen LogP contribution >= 0.6 is 46.4 Å². The molecule has 0 saturated heterocycles. The number of hydrogen-bond donors (Lipinski definition) is 0. The number of nitriles is 2. The van der Waals surface area contributed by atoms with E-state index in [1.807, 2.05) is 84.9 Å². The Bertz CT molecular complexity index is 2410. The summed E-state index contributed by atoms with van der Waals surface area (Å²) >= 11 is 26.2. The van der Waals surface area contributed by atoms with Crippen molar-refractivity contribution >= 4 is 46.4 Å². The number of ether oxygens (including phenoxy) is 4. The number of hydrogen-bond acceptors (Lipinski definition) is 6. The van der Waals surface area contributed by atoms with Crippen molar-refractivity contribution in [2.75, 3.05) is 0 Å². The molecule has 0 unspecified atom stereocenters. The van der Waals surface area contributed by atoms with Crippen molar-refractivity contribution in [3.05, 3.63) is 177 Å². The maximum atomic E-state index is 10.8. The van der Waals surface area contributed by atoms with Gasteiger partial charge in [-0.1, -0.05) is 143 Å². The summed E-state index contributed by atoms with van der Waals surface area (Å²) in [6, 6.07) is 47.2. The lowest BCUT2D eigenvalue weighted by Gasteiger charge is -2.23. The van der Waals surface area contributed by atoms with Gasteiger partial charge in [0.2, 0.25) is 11.5 Å². The zero-order valence-corrected chi connectivity index (χ0v) is 30.9. The quantitative estimate of drug-likeness (QED) is 0.137. The fourth-order valence-corrected chi connectivity index (χ4v) is 6.26. The monoisotopic (exact) mass is 784 g/mol. The Kier molecular flexibility index (Phi) is 10.9. The van der Waals surface area contributed by atoms with Crippen molar-refractivity contribution < 1.29 is 18.9 Å². The van der Waals surface area contributed by atoms with Crippen LogP contribution in [0.4, 0.5) is 0 Å². The van der Waals surface area contributed by atoms with E-state index in [2.05, 4.69) is 12.1 Å². The Labute approximate surface area is 331 Å². The molecule has 6 nitrogen and oxygen atoms in total. The first-order chi connectivity index (χ1) is 26.3. The number of nitrogens with zero attached hydrogens (tertiary/aromatic N) is 2. The summed E-state index contributed by atoms with van der Waals surface area (Å²) in [5.41, 5.74) is 2.67. The summed E-state index contributed by atoms with van der Waals surface area (Å²) < 4.78 is 26.5. The molecule has 54 heavy (non-hydrogen) atoms. The van der Waals surface area contributed by atoms with Gasteiger partial charge in [-0.15, -0.1) is 0 Å². The highest BCUT2D eigenvalue weighted by Gasteiger charge is 2.33. The Hall–Kier alpha value is -6.12. The third kappa shape index (κ3) is 7.65. The van der Waals surface area contributed by atoms with Crippen molar-refractivity contribution in [3.63, 3.8) is 0 Å². The second-order valence-electron chi connectivity index (χ2n) is 11.6. The first kappa shape index (κ1) is 36.2. The number of benzene rings is 7. The summed E-state index contributed by atoms with van der Waals surface area (Å²) in [6.07, 6.45) is 0. The van der Waals surface area contributed by atoms with Gasteiger partial charge in [-0.3, -0.25) is 0 Å². The fraction of sp³-hybridized carbons (Fsp3) is 0. The molecular weight excluding hydrogens is 762 g/mol. The smallest absolute Gasteiger partial charge is 0.217 e. The minimum atomic E-state index is -0.203. The minimum absolute atomic E-state index is 0.0941. The van der Waals surface area contributed by atoms with Crippen LogP contribution in [-0.2, 0) is 0 Å². The molecule has 0 atom stereocenters. The van der Waals surface area contributed by atoms with Crippen LogP contribution in [0.15, 0.2) is 146 Å². The van der Waals surface area contributed by atoms with Gasteiger partial charge >= 0.3 is 0 Å². The lowest BCUT2D eigenvalue weighted by atomic mass is 10.0. The van der Waals surface area contributed by atoms with Crippen LogP contribution in [0.25, 0.3) is 22.3 Å². The highest BCUT2D eigenvalue weighted by Crippen LogP contribution is 2.56. The molecule has 0 N–H and O–H groups in total. The SMILES string of the molecule is N#Cc1c(C#N)c(Oc2ccccc2-c2ccccc2)c(Oc2cc(Cl)ccc2Cl)c(Oc2cc(Cl)ccc2Cl)c1Oc1ccccc1-c1ccccc1.